The highest BCUT2D eigenvalue weighted by Gasteiger charge is 2.28. The molecule has 0 amide bonds. The van der Waals surface area contributed by atoms with Gasteiger partial charge in [0.1, 0.15) is 12.4 Å². The molecule has 1 N–H and O–H groups in total. The zero-order valence-electron chi connectivity index (χ0n) is 12.0. The van der Waals surface area contributed by atoms with Gasteiger partial charge in [-0.15, -0.1) is 0 Å². The Morgan fingerprint density at radius 3 is 3.09 bits per heavy atom. The molecule has 1 saturated heterocycles. The smallest absolute Gasteiger partial charge is 0.306 e. The van der Waals surface area contributed by atoms with Crippen molar-refractivity contribution in [1.82, 2.24) is 14.7 Å². The van der Waals surface area contributed by atoms with Gasteiger partial charge in [0.15, 0.2) is 0 Å². The van der Waals surface area contributed by atoms with Crippen LogP contribution in [-0.2, 0) is 6.54 Å². The Bertz CT molecular complexity index is 628. The van der Waals surface area contributed by atoms with E-state index in [4.69, 9.17) is 0 Å². The van der Waals surface area contributed by atoms with Gasteiger partial charge in [0.25, 0.3) is 0 Å². The minimum absolute atomic E-state index is 0.0514. The van der Waals surface area contributed by atoms with Crippen LogP contribution in [-0.4, -0.2) is 43.9 Å². The van der Waals surface area contributed by atoms with Crippen LogP contribution in [0.4, 0.5) is 5.69 Å². The Morgan fingerprint density at radius 2 is 2.41 bits per heavy atom. The van der Waals surface area contributed by atoms with E-state index in [0.717, 1.165) is 19.4 Å². The van der Waals surface area contributed by atoms with Crippen molar-refractivity contribution in [2.24, 2.45) is 0 Å². The number of nitrogens with zero attached hydrogens (tertiary/aromatic N) is 4. The molecule has 1 aliphatic rings. The topological polar surface area (TPSA) is 84.4 Å². The molecule has 0 spiro atoms. The molecule has 1 aliphatic heterocycles. The first-order chi connectivity index (χ1) is 10.6. The summed E-state index contributed by atoms with van der Waals surface area (Å²) in [4.78, 5) is 12.4. The summed E-state index contributed by atoms with van der Waals surface area (Å²) in [5.41, 5.74) is 1.26. The first kappa shape index (κ1) is 15.1. The van der Waals surface area contributed by atoms with E-state index in [0.29, 0.717) is 12.6 Å². The Labute approximate surface area is 131 Å². The zero-order valence-corrected chi connectivity index (χ0v) is 12.9. The van der Waals surface area contributed by atoms with Crippen molar-refractivity contribution in [3.8, 4) is 0 Å². The van der Waals surface area contributed by atoms with Crippen molar-refractivity contribution in [2.75, 3.05) is 13.1 Å². The van der Waals surface area contributed by atoms with Gasteiger partial charge in [0, 0.05) is 12.6 Å². The minimum Gasteiger partial charge on any atom is -0.390 e. The van der Waals surface area contributed by atoms with Crippen LogP contribution in [0.3, 0.4) is 0 Å². The van der Waals surface area contributed by atoms with Crippen LogP contribution in [0.5, 0.6) is 0 Å². The van der Waals surface area contributed by atoms with E-state index in [1.165, 1.54) is 22.6 Å². The number of likely N-dealkylation sites (tertiary alicyclic amines) is 1. The Hall–Kier alpha value is -1.77. The van der Waals surface area contributed by atoms with E-state index in [2.05, 4.69) is 26.8 Å². The SMILES string of the molecule is O=[N+]([O-])c1cnn(C[C@@H](O)CN2CCC[C@H]2c2ccsc2)c1. The summed E-state index contributed by atoms with van der Waals surface area (Å²) in [5.74, 6) is 0. The fourth-order valence-electron chi connectivity index (χ4n) is 2.98. The summed E-state index contributed by atoms with van der Waals surface area (Å²) in [7, 11) is 0. The van der Waals surface area contributed by atoms with Gasteiger partial charge in [-0.1, -0.05) is 0 Å². The molecule has 0 bridgehead atoms. The second-order valence-corrected chi connectivity index (χ2v) is 6.32. The average molecular weight is 322 g/mol. The normalized spacial score (nSPS) is 20.3. The largest absolute Gasteiger partial charge is 0.390 e. The average Bonchev–Trinajstić information content (AvgIpc) is 3.18. The molecule has 1 fully saturated rings. The van der Waals surface area contributed by atoms with Crippen molar-refractivity contribution < 1.29 is 10.0 Å². The van der Waals surface area contributed by atoms with E-state index in [1.807, 2.05) is 0 Å². The molecule has 0 unspecified atom stereocenters. The Kier molecular flexibility index (Phi) is 4.51. The fourth-order valence-corrected chi connectivity index (χ4v) is 3.68. The number of rotatable bonds is 6. The number of aliphatic hydroxyl groups excluding tert-OH is 1. The van der Waals surface area contributed by atoms with Gasteiger partial charge in [-0.2, -0.15) is 16.4 Å². The third-order valence-corrected chi connectivity index (χ3v) is 4.67. The van der Waals surface area contributed by atoms with E-state index in [-0.39, 0.29) is 12.2 Å². The van der Waals surface area contributed by atoms with Gasteiger partial charge < -0.3 is 5.11 Å². The second kappa shape index (κ2) is 6.55. The summed E-state index contributed by atoms with van der Waals surface area (Å²) in [5, 5.41) is 29.0. The molecule has 8 heteroatoms. The first-order valence-electron chi connectivity index (χ1n) is 7.24. The van der Waals surface area contributed by atoms with Crippen molar-refractivity contribution in [1.29, 1.82) is 0 Å². The van der Waals surface area contributed by atoms with Gasteiger partial charge in [0.2, 0.25) is 0 Å². The maximum atomic E-state index is 10.6. The van der Waals surface area contributed by atoms with Crippen LogP contribution in [0.25, 0.3) is 0 Å². The molecule has 2 aromatic rings. The van der Waals surface area contributed by atoms with E-state index in [1.54, 1.807) is 11.3 Å². The summed E-state index contributed by atoms with van der Waals surface area (Å²) in [6.07, 6.45) is 4.19. The number of thiophene rings is 1. The van der Waals surface area contributed by atoms with Crippen LogP contribution in [0.2, 0.25) is 0 Å². The predicted octanol–water partition coefficient (Wildman–Crippen LogP) is 2.05. The molecule has 2 atom stereocenters. The van der Waals surface area contributed by atoms with Gasteiger partial charge in [-0.3, -0.25) is 19.7 Å². The Morgan fingerprint density at radius 1 is 1.55 bits per heavy atom. The molecule has 0 aromatic carbocycles. The van der Waals surface area contributed by atoms with Gasteiger partial charge >= 0.3 is 5.69 Å². The highest BCUT2D eigenvalue weighted by atomic mass is 32.1. The first-order valence-corrected chi connectivity index (χ1v) is 8.19. The molecule has 0 radical (unpaired) electrons. The molecular formula is C14H18N4O3S. The molecular weight excluding hydrogens is 304 g/mol. The number of β-amino-alcohol motifs (C(OH)–C–C–N with tert-alkyl or cyclic N) is 1. The fraction of sp³-hybridized carbons (Fsp3) is 0.500. The molecule has 118 valence electrons. The maximum absolute atomic E-state index is 10.6. The number of hydrogen-bond donors (Lipinski definition) is 1. The van der Waals surface area contributed by atoms with Crippen LogP contribution < -0.4 is 0 Å². The molecule has 0 aliphatic carbocycles. The molecule has 3 rings (SSSR count). The van der Waals surface area contributed by atoms with Crippen LogP contribution >= 0.6 is 11.3 Å². The zero-order chi connectivity index (χ0) is 15.5. The second-order valence-electron chi connectivity index (χ2n) is 5.54. The van der Waals surface area contributed by atoms with Crippen molar-refractivity contribution in [2.45, 2.75) is 31.5 Å². The van der Waals surface area contributed by atoms with Gasteiger partial charge in [-0.05, 0) is 41.8 Å². The highest BCUT2D eigenvalue weighted by molar-refractivity contribution is 7.07. The highest BCUT2D eigenvalue weighted by Crippen LogP contribution is 2.33. The number of nitro groups is 1. The maximum Gasteiger partial charge on any atom is 0.306 e. The lowest BCUT2D eigenvalue weighted by Gasteiger charge is -2.26. The van der Waals surface area contributed by atoms with Crippen molar-refractivity contribution in [3.63, 3.8) is 0 Å². The summed E-state index contributed by atoms with van der Waals surface area (Å²) < 4.78 is 1.43. The number of hydrogen-bond acceptors (Lipinski definition) is 6. The molecule has 22 heavy (non-hydrogen) atoms. The van der Waals surface area contributed by atoms with Gasteiger partial charge in [-0.25, -0.2) is 0 Å². The molecule has 3 heterocycles. The lowest BCUT2D eigenvalue weighted by atomic mass is 10.1. The molecule has 2 aromatic heterocycles. The van der Waals surface area contributed by atoms with Crippen molar-refractivity contribution in [3.05, 3.63) is 44.9 Å². The van der Waals surface area contributed by atoms with E-state index in [9.17, 15) is 15.2 Å². The predicted molar refractivity (Wildman–Crippen MR) is 82.8 cm³/mol. The quantitative estimate of drug-likeness (QED) is 0.650. The Balaban J connectivity index is 1.58. The lowest BCUT2D eigenvalue weighted by Crippen LogP contribution is -2.34. The molecule has 0 saturated carbocycles. The van der Waals surface area contributed by atoms with Crippen LogP contribution in [0.1, 0.15) is 24.4 Å². The van der Waals surface area contributed by atoms with Gasteiger partial charge in [0.05, 0.1) is 17.6 Å². The van der Waals surface area contributed by atoms with E-state index < -0.39 is 11.0 Å². The number of aromatic nitrogens is 2. The van der Waals surface area contributed by atoms with Crippen molar-refractivity contribution >= 4 is 17.0 Å². The van der Waals surface area contributed by atoms with E-state index >= 15 is 0 Å². The summed E-state index contributed by atoms with van der Waals surface area (Å²) in [6, 6.07) is 2.50. The minimum atomic E-state index is -0.598. The third kappa shape index (κ3) is 3.34. The summed E-state index contributed by atoms with van der Waals surface area (Å²) in [6.45, 7) is 1.78. The van der Waals surface area contributed by atoms with Crippen LogP contribution in [0, 0.1) is 10.1 Å². The van der Waals surface area contributed by atoms with Crippen LogP contribution in [0.15, 0.2) is 29.2 Å². The third-order valence-electron chi connectivity index (χ3n) is 3.97. The summed E-state index contributed by atoms with van der Waals surface area (Å²) >= 11 is 1.69. The number of aliphatic hydroxyl groups is 1. The lowest BCUT2D eigenvalue weighted by molar-refractivity contribution is -0.385. The standard InChI is InChI=1S/C14H18N4O3S/c19-13(9-17-7-12(6-15-17)18(20)21)8-16-4-1-2-14(16)11-3-5-22-10-11/h3,5-7,10,13-14,19H,1-2,4,8-9H2/t13-,14-/m0/s1. The monoisotopic (exact) mass is 322 g/mol. The molecule has 7 nitrogen and oxygen atoms in total.